The SMILES string of the molecule is CCOC(=O)CCN1CCN(c2ccc(N(CCO[Si](C)(C)C(C)(C)C)C(=O)c3c(Cl)ncnc3Cl)cc2Cl)C1=O. The molecule has 0 bridgehead atoms. The van der Waals surface area contributed by atoms with E-state index in [-0.39, 0.29) is 64.0 Å². The molecule has 1 aromatic heterocycles. The largest absolute Gasteiger partial charge is 0.466 e. The first-order chi connectivity index (χ1) is 19.2. The molecule has 1 aliphatic heterocycles. The molecular weight excluding hydrogens is 609 g/mol. The second-order valence-corrected chi connectivity index (χ2v) is 16.9. The lowest BCUT2D eigenvalue weighted by Crippen LogP contribution is -2.43. The van der Waals surface area contributed by atoms with Gasteiger partial charge in [0.25, 0.3) is 5.91 Å². The zero-order chi connectivity index (χ0) is 30.5. The third kappa shape index (κ3) is 7.89. The first-order valence-electron chi connectivity index (χ1n) is 13.3. The molecule has 0 aliphatic carbocycles. The summed E-state index contributed by atoms with van der Waals surface area (Å²) in [6.07, 6.45) is 1.30. The lowest BCUT2D eigenvalue weighted by Gasteiger charge is -2.37. The van der Waals surface area contributed by atoms with Crippen LogP contribution in [0.25, 0.3) is 0 Å². The Morgan fingerprint density at radius 3 is 2.34 bits per heavy atom. The highest BCUT2D eigenvalue weighted by Crippen LogP contribution is 2.37. The Morgan fingerprint density at radius 2 is 1.76 bits per heavy atom. The van der Waals surface area contributed by atoms with E-state index >= 15 is 0 Å². The van der Waals surface area contributed by atoms with E-state index in [9.17, 15) is 14.4 Å². The minimum absolute atomic E-state index is 0.0147. The molecule has 1 fully saturated rings. The van der Waals surface area contributed by atoms with Gasteiger partial charge in [0.2, 0.25) is 0 Å². The van der Waals surface area contributed by atoms with Gasteiger partial charge >= 0.3 is 12.0 Å². The quantitative estimate of drug-likeness (QED) is 0.161. The maximum atomic E-state index is 13.7. The molecule has 1 aliphatic rings. The van der Waals surface area contributed by atoms with Crippen LogP contribution < -0.4 is 9.80 Å². The minimum atomic E-state index is -2.10. The van der Waals surface area contributed by atoms with Crippen LogP contribution in [0.1, 0.15) is 44.5 Å². The maximum Gasteiger partial charge on any atom is 0.324 e. The molecule has 1 saturated heterocycles. The van der Waals surface area contributed by atoms with Gasteiger partial charge in [-0.05, 0) is 43.3 Å². The van der Waals surface area contributed by atoms with Crippen molar-refractivity contribution >= 4 is 72.4 Å². The number of aromatic nitrogens is 2. The summed E-state index contributed by atoms with van der Waals surface area (Å²) in [4.78, 5) is 51.0. The normalized spacial score (nSPS) is 14.0. The second kappa shape index (κ2) is 13.7. The van der Waals surface area contributed by atoms with Crippen molar-refractivity contribution in [3.63, 3.8) is 0 Å². The number of benzene rings is 1. The third-order valence-corrected chi connectivity index (χ3v) is 12.7. The molecule has 2 aromatic rings. The van der Waals surface area contributed by atoms with Gasteiger partial charge in [0.05, 0.1) is 30.3 Å². The van der Waals surface area contributed by atoms with Gasteiger partial charge in [-0.1, -0.05) is 55.6 Å². The highest BCUT2D eigenvalue weighted by molar-refractivity contribution is 6.74. The number of rotatable bonds is 11. The van der Waals surface area contributed by atoms with Crippen molar-refractivity contribution in [3.05, 3.63) is 45.4 Å². The molecule has 2 heterocycles. The van der Waals surface area contributed by atoms with Crippen LogP contribution in [0.15, 0.2) is 24.5 Å². The van der Waals surface area contributed by atoms with Gasteiger partial charge in [-0.25, -0.2) is 14.8 Å². The van der Waals surface area contributed by atoms with Gasteiger partial charge in [-0.15, -0.1) is 0 Å². The fourth-order valence-electron chi connectivity index (χ4n) is 3.97. The predicted octanol–water partition coefficient (Wildman–Crippen LogP) is 6.30. The Kier molecular flexibility index (Phi) is 11.0. The molecule has 0 saturated carbocycles. The lowest BCUT2D eigenvalue weighted by atomic mass is 10.2. The Bertz CT molecular complexity index is 1270. The molecular formula is C27H36Cl3N5O5Si. The number of nitrogens with zero attached hydrogens (tertiary/aromatic N) is 5. The Hall–Kier alpha value is -2.44. The average Bonchev–Trinajstić information content (AvgIpc) is 3.24. The summed E-state index contributed by atoms with van der Waals surface area (Å²) in [6, 6.07) is 4.73. The Balaban J connectivity index is 1.86. The summed E-state index contributed by atoms with van der Waals surface area (Å²) in [5, 5.41) is 0.115. The maximum absolute atomic E-state index is 13.7. The van der Waals surface area contributed by atoms with Crippen molar-refractivity contribution in [2.24, 2.45) is 0 Å². The lowest BCUT2D eigenvalue weighted by molar-refractivity contribution is -0.143. The van der Waals surface area contributed by atoms with E-state index in [4.69, 9.17) is 44.0 Å². The summed E-state index contributed by atoms with van der Waals surface area (Å²) >= 11 is 19.2. The minimum Gasteiger partial charge on any atom is -0.466 e. The first-order valence-corrected chi connectivity index (χ1v) is 17.4. The van der Waals surface area contributed by atoms with Crippen molar-refractivity contribution in [2.75, 3.05) is 49.2 Å². The van der Waals surface area contributed by atoms with Crippen molar-refractivity contribution in [1.29, 1.82) is 0 Å². The predicted molar refractivity (Wildman–Crippen MR) is 164 cm³/mol. The molecule has 14 heteroatoms. The molecule has 0 N–H and O–H groups in total. The van der Waals surface area contributed by atoms with Gasteiger partial charge in [0.1, 0.15) is 22.2 Å². The van der Waals surface area contributed by atoms with Crippen LogP contribution >= 0.6 is 34.8 Å². The summed E-state index contributed by atoms with van der Waals surface area (Å²) in [6.45, 7) is 14.2. The molecule has 41 heavy (non-hydrogen) atoms. The summed E-state index contributed by atoms with van der Waals surface area (Å²) in [5.74, 6) is -0.863. The van der Waals surface area contributed by atoms with Crippen molar-refractivity contribution in [3.8, 4) is 0 Å². The highest BCUT2D eigenvalue weighted by atomic mass is 35.5. The number of urea groups is 1. The van der Waals surface area contributed by atoms with Crippen LogP contribution in [0.4, 0.5) is 16.2 Å². The summed E-state index contributed by atoms with van der Waals surface area (Å²) in [7, 11) is -2.10. The number of hydrogen-bond donors (Lipinski definition) is 0. The van der Waals surface area contributed by atoms with E-state index in [0.717, 1.165) is 0 Å². The molecule has 1 aromatic carbocycles. The third-order valence-electron chi connectivity index (χ3n) is 7.32. The molecule has 0 radical (unpaired) electrons. The van der Waals surface area contributed by atoms with Gasteiger partial charge in [-0.3, -0.25) is 14.5 Å². The summed E-state index contributed by atoms with van der Waals surface area (Å²) < 4.78 is 11.3. The molecule has 224 valence electrons. The average molecular weight is 645 g/mol. The van der Waals surface area contributed by atoms with Gasteiger partial charge in [0, 0.05) is 31.9 Å². The van der Waals surface area contributed by atoms with Crippen LogP contribution in [-0.4, -0.2) is 80.5 Å². The van der Waals surface area contributed by atoms with Crippen molar-refractivity contribution < 1.29 is 23.5 Å². The number of carbonyl (C=O) groups excluding carboxylic acids is 3. The Morgan fingerprint density at radius 1 is 1.10 bits per heavy atom. The molecule has 10 nitrogen and oxygen atoms in total. The second-order valence-electron chi connectivity index (χ2n) is 11.0. The van der Waals surface area contributed by atoms with Crippen LogP contribution in [0.3, 0.4) is 0 Å². The standard InChI is InChI=1S/C27H36Cl3N5O5Si/c1-7-39-21(36)10-11-33-12-13-35(26(33)38)20-9-8-18(16-19(20)28)34(14-15-40-41(5,6)27(2,3)4)25(37)22-23(29)31-17-32-24(22)30/h8-9,16-17H,7,10-15H2,1-6H3. The van der Waals surface area contributed by atoms with E-state index < -0.39 is 14.2 Å². The van der Waals surface area contributed by atoms with Crippen LogP contribution in [-0.2, 0) is 14.0 Å². The zero-order valence-corrected chi connectivity index (χ0v) is 27.4. The van der Waals surface area contributed by atoms with Crippen LogP contribution in [0.2, 0.25) is 33.5 Å². The van der Waals surface area contributed by atoms with E-state index in [0.29, 0.717) is 31.1 Å². The number of halogens is 3. The van der Waals surface area contributed by atoms with Crippen LogP contribution in [0.5, 0.6) is 0 Å². The van der Waals surface area contributed by atoms with Crippen molar-refractivity contribution in [1.82, 2.24) is 14.9 Å². The van der Waals surface area contributed by atoms with Gasteiger partial charge in [-0.2, -0.15) is 0 Å². The molecule has 0 spiro atoms. The fourth-order valence-corrected chi connectivity index (χ4v) is 5.76. The smallest absolute Gasteiger partial charge is 0.324 e. The van der Waals surface area contributed by atoms with E-state index in [1.807, 2.05) is 0 Å². The van der Waals surface area contributed by atoms with Gasteiger partial charge in [0.15, 0.2) is 8.32 Å². The number of amides is 3. The highest BCUT2D eigenvalue weighted by Gasteiger charge is 2.37. The van der Waals surface area contributed by atoms with Crippen molar-refractivity contribution in [2.45, 2.75) is 52.2 Å². The van der Waals surface area contributed by atoms with Gasteiger partial charge < -0.3 is 19.0 Å². The van der Waals surface area contributed by atoms with E-state index in [1.165, 1.54) is 11.2 Å². The number of anilines is 2. The molecule has 3 amide bonds. The number of esters is 1. The molecule has 3 rings (SSSR count). The monoisotopic (exact) mass is 643 g/mol. The zero-order valence-electron chi connectivity index (χ0n) is 24.2. The number of carbonyl (C=O) groups is 3. The Labute approximate surface area is 257 Å². The fraction of sp³-hybridized carbons (Fsp3) is 0.519. The van der Waals surface area contributed by atoms with E-state index in [2.05, 4.69) is 43.8 Å². The topological polar surface area (TPSA) is 105 Å². The number of ether oxygens (including phenoxy) is 1. The summed E-state index contributed by atoms with van der Waals surface area (Å²) in [5.41, 5.74) is 0.919. The number of hydrogen-bond acceptors (Lipinski definition) is 7. The first kappa shape index (κ1) is 33.1. The molecule has 0 unspecified atom stereocenters. The van der Waals surface area contributed by atoms with E-state index in [1.54, 1.807) is 34.9 Å². The molecule has 0 atom stereocenters. The van der Waals surface area contributed by atoms with Crippen LogP contribution in [0, 0.1) is 0 Å².